The number of nitrogens with zero attached hydrogens (tertiary/aromatic N) is 3. The van der Waals surface area contributed by atoms with Crippen molar-refractivity contribution in [2.75, 3.05) is 46.6 Å². The first kappa shape index (κ1) is 74.4. The summed E-state index contributed by atoms with van der Waals surface area (Å²) >= 11 is 0. The summed E-state index contributed by atoms with van der Waals surface area (Å²) in [5.41, 5.74) is 20.2. The number of ether oxygens (including phenoxy) is 7. The van der Waals surface area contributed by atoms with Crippen LogP contribution in [0.3, 0.4) is 0 Å². The minimum Gasteiger partial charge on any atom is -0.497 e. The van der Waals surface area contributed by atoms with E-state index in [0.717, 1.165) is 10.5 Å². The maximum absolute atomic E-state index is 15.0. The van der Waals surface area contributed by atoms with Crippen LogP contribution in [0.2, 0.25) is 0 Å². The Morgan fingerprint density at radius 2 is 1.26 bits per heavy atom. The molecule has 0 radical (unpaired) electrons. The molecule has 530 valence electrons. The lowest BCUT2D eigenvalue weighted by Crippen LogP contribution is -2.70. The lowest BCUT2D eigenvalue weighted by atomic mass is 9.93. The third-order valence-corrected chi connectivity index (χ3v) is 17.2. The minimum absolute atomic E-state index is 0.0387. The third-order valence-electron chi connectivity index (χ3n) is 17.2. The van der Waals surface area contributed by atoms with Gasteiger partial charge in [-0.1, -0.05) is 61.5 Å². The molecule has 3 fully saturated rings. The highest BCUT2D eigenvalue weighted by Crippen LogP contribution is 2.33. The van der Waals surface area contributed by atoms with Gasteiger partial charge < -0.3 is 153 Å². The number of guanidine groups is 2. The van der Waals surface area contributed by atoms with E-state index in [2.05, 4.69) is 36.6 Å². The zero-order valence-electron chi connectivity index (χ0n) is 52.0. The lowest BCUT2D eigenvalue weighted by molar-refractivity contribution is -0.353. The van der Waals surface area contributed by atoms with Gasteiger partial charge in [0.2, 0.25) is 29.9 Å². The number of benzene rings is 3. The Balaban J connectivity index is 1.01. The smallest absolute Gasteiger partial charge is 0.246 e. The van der Waals surface area contributed by atoms with E-state index in [4.69, 9.17) is 50.4 Å². The molecule has 96 heavy (non-hydrogen) atoms. The predicted octanol–water partition coefficient (Wildman–Crippen LogP) is -10.5. The fraction of sp³-hybridized carbons (Fsp3) is 0.583. The summed E-state index contributed by atoms with van der Waals surface area (Å²) in [6.07, 6.45) is -30.8. The average Bonchev–Trinajstić information content (AvgIpc) is 1.47. The molecule has 3 saturated heterocycles. The summed E-state index contributed by atoms with van der Waals surface area (Å²) in [5, 5.41) is 154. The van der Waals surface area contributed by atoms with E-state index < -0.39 is 215 Å². The number of amides is 4. The molecule has 0 bridgehead atoms. The lowest BCUT2D eigenvalue weighted by Gasteiger charge is -2.46. The summed E-state index contributed by atoms with van der Waals surface area (Å²) in [5.74, 6) is -5.56. The molecule has 0 spiro atoms. The number of rotatable bonds is 30. The van der Waals surface area contributed by atoms with Crippen LogP contribution in [-0.2, 0) is 60.7 Å². The van der Waals surface area contributed by atoms with Crippen molar-refractivity contribution in [3.05, 3.63) is 95.6 Å². The van der Waals surface area contributed by atoms with Crippen molar-refractivity contribution in [3.8, 4) is 11.5 Å². The van der Waals surface area contributed by atoms with E-state index in [1.165, 1.54) is 31.4 Å². The minimum atomic E-state index is -2.26. The summed E-state index contributed by atoms with van der Waals surface area (Å²) in [7, 11) is 1.51. The Morgan fingerprint density at radius 1 is 0.667 bits per heavy atom. The van der Waals surface area contributed by atoms with Gasteiger partial charge in [0.25, 0.3) is 0 Å². The van der Waals surface area contributed by atoms with Gasteiger partial charge in [-0.15, -0.1) is 0 Å². The zero-order valence-corrected chi connectivity index (χ0v) is 52.0. The van der Waals surface area contributed by atoms with Gasteiger partial charge in [0.15, 0.2) is 24.4 Å². The van der Waals surface area contributed by atoms with Crippen LogP contribution < -0.4 is 53.3 Å². The van der Waals surface area contributed by atoms with Crippen molar-refractivity contribution in [2.45, 2.75) is 172 Å². The SMILES string of the molecule is COc1ccc(COCC2OC(OC3C(CO)OC(Oc4ccc(C[C@H](NC(=O)[C@@H](N)C(C)c5ccccc5)C(=O)N[C@H](C(=O)N[C@H](C(=O)N[C@H](C=O)CO)C(O)C5CN=C(N)N5C5OC(CO)C(O)C(O)C5O)C(O)C5CN=C(N)N5)cc4)C(O)C3O)C(O)C(O)C2O)cc1. The molecule has 0 saturated carbocycles. The molecule has 3 aromatic carbocycles. The van der Waals surface area contributed by atoms with Gasteiger partial charge in [-0.25, -0.2) is 0 Å². The van der Waals surface area contributed by atoms with Gasteiger partial charge in [-0.05, 0) is 41.0 Å². The molecule has 20 unspecified atom stereocenters. The Labute approximate surface area is 548 Å². The topological polar surface area (TPSA) is 579 Å². The molecular weight excluding hydrogens is 1270 g/mol. The first-order valence-corrected chi connectivity index (χ1v) is 30.7. The van der Waals surface area contributed by atoms with Gasteiger partial charge in [0.1, 0.15) is 127 Å². The van der Waals surface area contributed by atoms with E-state index in [1.807, 2.05) is 0 Å². The molecule has 5 heterocycles. The largest absolute Gasteiger partial charge is 0.497 e. The molecule has 36 nitrogen and oxygen atoms in total. The number of nitrogens with one attached hydrogen (secondary N) is 5. The van der Waals surface area contributed by atoms with Crippen LogP contribution >= 0.6 is 0 Å². The van der Waals surface area contributed by atoms with Crippen molar-refractivity contribution in [1.82, 2.24) is 31.5 Å². The molecule has 24 N–H and O–H groups in total. The Bertz CT molecular complexity index is 3110. The van der Waals surface area contributed by atoms with Crippen LogP contribution in [0, 0.1) is 0 Å². The Hall–Kier alpha value is -7.41. The maximum atomic E-state index is 15.0. The number of hydrogen-bond donors (Lipinski definition) is 21. The molecular formula is C60H85N11O25. The second-order valence-electron chi connectivity index (χ2n) is 23.7. The molecule has 0 aliphatic carbocycles. The second-order valence-corrected chi connectivity index (χ2v) is 23.7. The molecule has 3 aromatic rings. The number of hydrogen-bond acceptors (Lipinski definition) is 32. The van der Waals surface area contributed by atoms with Gasteiger partial charge >= 0.3 is 0 Å². The highest BCUT2D eigenvalue weighted by molar-refractivity contribution is 5.96. The monoisotopic (exact) mass is 1360 g/mol. The summed E-state index contributed by atoms with van der Waals surface area (Å²) in [6, 6.07) is 9.10. The van der Waals surface area contributed by atoms with E-state index in [-0.39, 0.29) is 43.3 Å². The van der Waals surface area contributed by atoms with Gasteiger partial charge in [-0.2, -0.15) is 0 Å². The number of carbonyl (C=O) groups excluding carboxylic acids is 5. The molecule has 5 aliphatic rings. The number of aldehydes is 1. The average molecular weight is 1360 g/mol. The van der Waals surface area contributed by atoms with Crippen LogP contribution in [0.1, 0.15) is 29.5 Å². The quantitative estimate of drug-likeness (QED) is 0.0276. The fourth-order valence-electron chi connectivity index (χ4n) is 11.5. The predicted molar refractivity (Wildman–Crippen MR) is 328 cm³/mol. The number of nitrogens with two attached hydrogens (primary N) is 3. The Kier molecular flexibility index (Phi) is 26.1. The van der Waals surface area contributed by atoms with Crippen molar-refractivity contribution < 1.29 is 124 Å². The molecule has 5 aliphatic heterocycles. The number of aliphatic imine (C=N–C) groups is 2. The maximum Gasteiger partial charge on any atom is 0.246 e. The molecule has 8 rings (SSSR count). The first-order valence-electron chi connectivity index (χ1n) is 30.7. The normalized spacial score (nSPS) is 31.5. The standard InChI is InChI=1S/C60H85N11O25/c1-25(28-6-4-3-5-7-28)38(61)53(87)67-32(16-26-8-14-31(15-9-26)92-57-50(85)47(82)51(36(22-75)94-57)96-58-49(84)46(81)44(79)37(95-58)24-91-23-27-10-12-30(90-2)13-11-27)52(86)69-39(41(76)33-17-64-59(62)68-33)55(89)70-40(54(88)66-29(19-72)20-73)42(77)34-18-65-60(63)71(34)56-48(83)45(80)43(78)35(21-74)93-56/h3-15,19,25,29,32-51,56-58,73-85H,16-18,20-24,61H2,1-2H3,(H2,63,65)(H,66,88)(H,67,87)(H,69,86)(H,70,89)(H3,62,64,68)/t25?,29-,32+,33?,34?,35?,36?,37?,38+,39+,40+,41?,42?,43?,44?,45?,46?,47?,48?,49?,50?,51?,56?,57?,58?/m1/s1. The van der Waals surface area contributed by atoms with Crippen LogP contribution in [0.15, 0.2) is 88.8 Å². The van der Waals surface area contributed by atoms with Crippen molar-refractivity contribution in [1.29, 1.82) is 0 Å². The molecule has 36 heteroatoms. The third kappa shape index (κ3) is 17.5. The summed E-state index contributed by atoms with van der Waals surface area (Å²) < 4.78 is 40.0. The highest BCUT2D eigenvalue weighted by Gasteiger charge is 2.54. The fourth-order valence-corrected chi connectivity index (χ4v) is 11.5. The number of methoxy groups -OCH3 is 1. The van der Waals surface area contributed by atoms with E-state index in [9.17, 15) is 90.4 Å². The summed E-state index contributed by atoms with van der Waals surface area (Å²) in [4.78, 5) is 79.2. The van der Waals surface area contributed by atoms with Crippen LogP contribution in [0.4, 0.5) is 0 Å². The van der Waals surface area contributed by atoms with Crippen molar-refractivity contribution >= 4 is 41.8 Å². The number of carbonyl (C=O) groups is 5. The first-order chi connectivity index (χ1) is 45.8. The van der Waals surface area contributed by atoms with Gasteiger partial charge in [-0.3, -0.25) is 29.2 Å². The second kappa shape index (κ2) is 33.7. The zero-order chi connectivity index (χ0) is 69.8. The van der Waals surface area contributed by atoms with Crippen molar-refractivity contribution in [3.63, 3.8) is 0 Å². The van der Waals surface area contributed by atoms with Crippen LogP contribution in [-0.4, -0.2) is 306 Å². The summed E-state index contributed by atoms with van der Waals surface area (Å²) in [6.45, 7) is -2.11. The van der Waals surface area contributed by atoms with Gasteiger partial charge in [0.05, 0.1) is 71.4 Å². The van der Waals surface area contributed by atoms with E-state index in [0.29, 0.717) is 11.3 Å². The number of aliphatic hydroxyl groups excluding tert-OH is 13. The molecule has 4 amide bonds. The molecule has 0 aromatic heterocycles. The molecule has 25 atom stereocenters. The van der Waals surface area contributed by atoms with Crippen LogP contribution in [0.25, 0.3) is 0 Å². The van der Waals surface area contributed by atoms with E-state index >= 15 is 0 Å². The van der Waals surface area contributed by atoms with Crippen LogP contribution in [0.5, 0.6) is 11.5 Å². The van der Waals surface area contributed by atoms with Crippen molar-refractivity contribution in [2.24, 2.45) is 27.2 Å². The van der Waals surface area contributed by atoms with E-state index in [1.54, 1.807) is 61.5 Å². The van der Waals surface area contributed by atoms with Gasteiger partial charge in [0, 0.05) is 12.3 Å². The number of aliphatic hydroxyl groups is 13. The Morgan fingerprint density at radius 3 is 1.89 bits per heavy atom. The highest BCUT2D eigenvalue weighted by atomic mass is 16.7.